The van der Waals surface area contributed by atoms with Crippen molar-refractivity contribution >= 4 is 52.8 Å². The predicted molar refractivity (Wildman–Crippen MR) is 115 cm³/mol. The van der Waals surface area contributed by atoms with Crippen LogP contribution < -0.4 is 19.7 Å². The third kappa shape index (κ3) is 4.91. The molecule has 0 unspecified atom stereocenters. The molecular formula is C21H15Cl2F3N2O5. The number of ether oxygens (including phenoxy) is 2. The van der Waals surface area contributed by atoms with Crippen LogP contribution in [0.3, 0.4) is 0 Å². The predicted octanol–water partition coefficient (Wildman–Crippen LogP) is 5.09. The number of amides is 4. The molecule has 4 amide bonds. The van der Waals surface area contributed by atoms with E-state index in [2.05, 4.69) is 0 Å². The maximum absolute atomic E-state index is 13.1. The Labute approximate surface area is 195 Å². The average molecular weight is 503 g/mol. The Bertz CT molecular complexity index is 1180. The molecule has 7 nitrogen and oxygen atoms in total. The lowest BCUT2D eigenvalue weighted by Gasteiger charge is -2.27. The molecule has 1 heterocycles. The molecular weight excluding hydrogens is 488 g/mol. The average Bonchev–Trinajstić information content (AvgIpc) is 2.73. The zero-order chi connectivity index (χ0) is 24.5. The van der Waals surface area contributed by atoms with Gasteiger partial charge in [-0.25, -0.2) is 9.69 Å². The summed E-state index contributed by atoms with van der Waals surface area (Å²) in [4.78, 5) is 38.1. The van der Waals surface area contributed by atoms with E-state index in [0.717, 1.165) is 12.1 Å². The highest BCUT2D eigenvalue weighted by atomic mass is 35.5. The van der Waals surface area contributed by atoms with E-state index in [4.69, 9.17) is 32.7 Å². The number of barbiturate groups is 1. The van der Waals surface area contributed by atoms with E-state index in [1.807, 2.05) is 5.32 Å². The van der Waals surface area contributed by atoms with Gasteiger partial charge in [0.1, 0.15) is 5.57 Å². The lowest BCUT2D eigenvalue weighted by atomic mass is 10.1. The molecule has 0 spiro atoms. The van der Waals surface area contributed by atoms with Gasteiger partial charge in [-0.15, -0.1) is 0 Å². The smallest absolute Gasteiger partial charge is 0.416 e. The third-order valence-corrected chi connectivity index (χ3v) is 5.07. The molecule has 3 rings (SSSR count). The van der Waals surface area contributed by atoms with Gasteiger partial charge in [-0.05, 0) is 48.9 Å². The van der Waals surface area contributed by atoms with Crippen molar-refractivity contribution in [2.24, 2.45) is 0 Å². The largest absolute Gasteiger partial charge is 0.493 e. The number of nitrogens with one attached hydrogen (secondary N) is 1. The van der Waals surface area contributed by atoms with Crippen molar-refractivity contribution in [2.45, 2.75) is 13.1 Å². The van der Waals surface area contributed by atoms with Crippen LogP contribution in [0.2, 0.25) is 10.0 Å². The second-order valence-corrected chi connectivity index (χ2v) is 7.40. The number of halogens is 5. The Balaban J connectivity index is 2.09. The molecule has 1 fully saturated rings. The third-order valence-electron chi connectivity index (χ3n) is 4.47. The second kappa shape index (κ2) is 9.32. The zero-order valence-corrected chi connectivity index (χ0v) is 18.6. The number of methoxy groups -OCH3 is 1. The molecule has 0 radical (unpaired) electrons. The highest BCUT2D eigenvalue weighted by Crippen LogP contribution is 2.38. The van der Waals surface area contributed by atoms with Crippen LogP contribution in [-0.2, 0) is 15.8 Å². The first-order valence-electron chi connectivity index (χ1n) is 9.26. The molecule has 2 aromatic carbocycles. The van der Waals surface area contributed by atoms with Gasteiger partial charge in [0.05, 0.1) is 35.0 Å². The lowest BCUT2D eigenvalue weighted by Crippen LogP contribution is -2.54. The van der Waals surface area contributed by atoms with Crippen molar-refractivity contribution in [1.29, 1.82) is 0 Å². The van der Waals surface area contributed by atoms with Crippen molar-refractivity contribution in [2.75, 3.05) is 18.6 Å². The van der Waals surface area contributed by atoms with Crippen molar-refractivity contribution in [1.82, 2.24) is 5.32 Å². The summed E-state index contributed by atoms with van der Waals surface area (Å²) in [5.41, 5.74) is -1.96. The fraction of sp³-hybridized carbons (Fsp3) is 0.190. The minimum absolute atomic E-state index is 0.126. The summed E-state index contributed by atoms with van der Waals surface area (Å²) in [7, 11) is 1.36. The van der Waals surface area contributed by atoms with E-state index >= 15 is 0 Å². The number of hydrogen-bond acceptors (Lipinski definition) is 5. The Morgan fingerprint density at radius 2 is 1.79 bits per heavy atom. The maximum Gasteiger partial charge on any atom is 0.416 e. The van der Waals surface area contributed by atoms with Crippen LogP contribution in [0.1, 0.15) is 18.1 Å². The zero-order valence-electron chi connectivity index (χ0n) is 17.0. The number of hydrogen-bond donors (Lipinski definition) is 1. The fourth-order valence-corrected chi connectivity index (χ4v) is 3.49. The molecule has 1 saturated heterocycles. The number of carbonyl (C=O) groups is 3. The highest BCUT2D eigenvalue weighted by molar-refractivity contribution is 6.42. The quantitative estimate of drug-likeness (QED) is 0.454. The van der Waals surface area contributed by atoms with Gasteiger partial charge in [-0.3, -0.25) is 14.9 Å². The summed E-state index contributed by atoms with van der Waals surface area (Å²) in [6.45, 7) is 2.04. The molecule has 12 heteroatoms. The van der Waals surface area contributed by atoms with Crippen LogP contribution in [0.15, 0.2) is 35.9 Å². The summed E-state index contributed by atoms with van der Waals surface area (Å²) < 4.78 is 50.0. The topological polar surface area (TPSA) is 84.9 Å². The minimum atomic E-state index is -4.75. The van der Waals surface area contributed by atoms with Crippen LogP contribution in [0.4, 0.5) is 23.7 Å². The van der Waals surface area contributed by atoms with Crippen LogP contribution in [0.5, 0.6) is 11.5 Å². The highest BCUT2D eigenvalue weighted by Gasteiger charge is 2.39. The summed E-state index contributed by atoms with van der Waals surface area (Å²) in [5, 5.41) is 1.74. The molecule has 0 saturated carbocycles. The van der Waals surface area contributed by atoms with Crippen LogP contribution in [0, 0.1) is 0 Å². The number of carbonyl (C=O) groups excluding carboxylic acids is 3. The SMILES string of the molecule is CCOc1c(Cl)cc(/C=C2/C(=O)NC(=O)N(c3cc(C(F)(F)F)ccc3Cl)C2=O)cc1OC. The van der Waals surface area contributed by atoms with Crippen LogP contribution in [0.25, 0.3) is 6.08 Å². The molecule has 33 heavy (non-hydrogen) atoms. The van der Waals surface area contributed by atoms with Gasteiger partial charge in [0, 0.05) is 0 Å². The van der Waals surface area contributed by atoms with Crippen molar-refractivity contribution in [3.8, 4) is 11.5 Å². The van der Waals surface area contributed by atoms with E-state index in [1.165, 1.54) is 19.2 Å². The van der Waals surface area contributed by atoms with E-state index in [9.17, 15) is 27.6 Å². The van der Waals surface area contributed by atoms with E-state index in [0.29, 0.717) is 23.6 Å². The van der Waals surface area contributed by atoms with E-state index in [1.54, 1.807) is 6.92 Å². The first-order valence-corrected chi connectivity index (χ1v) is 10.0. The van der Waals surface area contributed by atoms with Gasteiger partial charge in [0.2, 0.25) is 0 Å². The molecule has 0 bridgehead atoms. The van der Waals surface area contributed by atoms with Crippen LogP contribution >= 0.6 is 23.2 Å². The number of urea groups is 1. The molecule has 2 aromatic rings. The Morgan fingerprint density at radius 1 is 1.09 bits per heavy atom. The van der Waals surface area contributed by atoms with Gasteiger partial charge in [0.25, 0.3) is 11.8 Å². The number of alkyl halides is 3. The maximum atomic E-state index is 13.1. The molecule has 0 aromatic heterocycles. The van der Waals surface area contributed by atoms with Gasteiger partial charge in [0.15, 0.2) is 11.5 Å². The van der Waals surface area contributed by atoms with Crippen molar-refractivity contribution in [3.05, 3.63) is 57.1 Å². The summed E-state index contributed by atoms with van der Waals surface area (Å²) in [5.74, 6) is -1.76. The monoisotopic (exact) mass is 502 g/mol. The first-order chi connectivity index (χ1) is 15.5. The summed E-state index contributed by atoms with van der Waals surface area (Å²) >= 11 is 12.2. The summed E-state index contributed by atoms with van der Waals surface area (Å²) in [6, 6.07) is 3.73. The molecule has 0 atom stereocenters. The number of rotatable bonds is 5. The Morgan fingerprint density at radius 3 is 2.39 bits per heavy atom. The number of benzene rings is 2. The van der Waals surface area contributed by atoms with Gasteiger partial charge in [-0.1, -0.05) is 23.2 Å². The molecule has 1 aliphatic rings. The van der Waals surface area contributed by atoms with Crippen molar-refractivity contribution in [3.63, 3.8) is 0 Å². The molecule has 1 N–H and O–H groups in total. The fourth-order valence-electron chi connectivity index (χ4n) is 3.01. The Kier molecular flexibility index (Phi) is 6.89. The Hall–Kier alpha value is -3.24. The lowest BCUT2D eigenvalue weighted by molar-refractivity contribution is -0.137. The van der Waals surface area contributed by atoms with Gasteiger partial charge in [-0.2, -0.15) is 13.2 Å². The van der Waals surface area contributed by atoms with E-state index in [-0.39, 0.29) is 27.1 Å². The number of nitrogens with zero attached hydrogens (tertiary/aromatic N) is 1. The first kappa shape index (κ1) is 24.4. The summed E-state index contributed by atoms with van der Waals surface area (Å²) in [6.07, 6.45) is -3.64. The molecule has 1 aliphatic heterocycles. The standard InChI is InChI=1S/C21H15Cl2F3N2O5/c1-3-33-17-14(23)7-10(8-16(17)32-2)6-12-18(29)27-20(31)28(19(12)30)15-9-11(21(24,25)26)4-5-13(15)22/h4-9H,3H2,1-2H3,(H,27,29,31)/b12-6-. The van der Waals surface area contributed by atoms with E-state index < -0.39 is 40.8 Å². The van der Waals surface area contributed by atoms with Gasteiger partial charge >= 0.3 is 12.2 Å². The molecule has 0 aliphatic carbocycles. The van der Waals surface area contributed by atoms with Crippen molar-refractivity contribution < 1.29 is 37.0 Å². The number of anilines is 1. The normalized spacial score (nSPS) is 15.7. The number of imide groups is 2. The second-order valence-electron chi connectivity index (χ2n) is 6.59. The molecule has 174 valence electrons. The minimum Gasteiger partial charge on any atom is -0.493 e. The van der Waals surface area contributed by atoms with Crippen LogP contribution in [-0.4, -0.2) is 31.6 Å². The van der Waals surface area contributed by atoms with Gasteiger partial charge < -0.3 is 9.47 Å².